The fraction of sp³-hybridized carbons (Fsp3) is 0.900. The highest BCUT2D eigenvalue weighted by atomic mass is 19.4. The van der Waals surface area contributed by atoms with Crippen LogP contribution in [0.15, 0.2) is 0 Å². The van der Waals surface area contributed by atoms with Gasteiger partial charge < -0.3 is 11.1 Å². The van der Waals surface area contributed by atoms with Crippen LogP contribution in [0.3, 0.4) is 0 Å². The van der Waals surface area contributed by atoms with Crippen LogP contribution in [0.2, 0.25) is 0 Å². The second-order valence-corrected chi connectivity index (χ2v) is 4.74. The summed E-state index contributed by atoms with van der Waals surface area (Å²) in [6, 6.07) is -0.399. The van der Waals surface area contributed by atoms with Gasteiger partial charge in [0.05, 0.1) is 0 Å². The molecule has 0 saturated heterocycles. The Morgan fingerprint density at radius 3 is 2.25 bits per heavy atom. The van der Waals surface area contributed by atoms with Gasteiger partial charge in [0.1, 0.15) is 5.54 Å². The molecule has 0 aromatic heterocycles. The highest BCUT2D eigenvalue weighted by molar-refractivity contribution is 5.78. The Bertz CT molecular complexity index is 272. The Hall–Kier alpha value is -0.780. The molecule has 1 atom stereocenters. The Kier molecular flexibility index (Phi) is 3.52. The topological polar surface area (TPSA) is 55.1 Å². The monoisotopic (exact) mass is 238 g/mol. The smallest absolute Gasteiger partial charge is 0.342 e. The minimum atomic E-state index is -4.36. The van der Waals surface area contributed by atoms with E-state index in [1.54, 1.807) is 0 Å². The number of halogens is 3. The maximum atomic E-state index is 12.5. The summed E-state index contributed by atoms with van der Waals surface area (Å²) >= 11 is 0. The van der Waals surface area contributed by atoms with Crippen LogP contribution in [0.4, 0.5) is 13.2 Å². The van der Waals surface area contributed by atoms with Gasteiger partial charge in [-0.25, -0.2) is 0 Å². The van der Waals surface area contributed by atoms with Crippen molar-refractivity contribution in [2.45, 2.75) is 50.9 Å². The molecular weight excluding hydrogens is 221 g/mol. The summed E-state index contributed by atoms with van der Waals surface area (Å²) in [6.07, 6.45) is -4.47. The van der Waals surface area contributed by atoms with E-state index in [1.165, 1.54) is 0 Å². The number of hydrogen-bond donors (Lipinski definition) is 2. The largest absolute Gasteiger partial charge is 0.411 e. The van der Waals surface area contributed by atoms with Gasteiger partial charge in [0.2, 0.25) is 5.91 Å². The van der Waals surface area contributed by atoms with Gasteiger partial charge in [-0.1, -0.05) is 13.8 Å². The number of alkyl halides is 3. The van der Waals surface area contributed by atoms with Crippen molar-refractivity contribution < 1.29 is 18.0 Å². The van der Waals surface area contributed by atoms with Crippen molar-refractivity contribution in [2.24, 2.45) is 11.7 Å². The van der Waals surface area contributed by atoms with E-state index in [4.69, 9.17) is 5.73 Å². The van der Waals surface area contributed by atoms with E-state index in [0.29, 0.717) is 0 Å². The van der Waals surface area contributed by atoms with E-state index >= 15 is 0 Å². The molecule has 0 aromatic carbocycles. The van der Waals surface area contributed by atoms with E-state index in [2.05, 4.69) is 0 Å². The lowest BCUT2D eigenvalue weighted by Gasteiger charge is -2.22. The zero-order valence-electron chi connectivity index (χ0n) is 9.40. The number of hydrogen-bond acceptors (Lipinski definition) is 2. The van der Waals surface area contributed by atoms with Crippen LogP contribution < -0.4 is 11.1 Å². The molecular formula is C10H17F3N2O. The number of amides is 1. The summed E-state index contributed by atoms with van der Waals surface area (Å²) in [6.45, 7) is 3.66. The molecule has 94 valence electrons. The average Bonchev–Trinajstić information content (AvgIpc) is 2.83. The normalized spacial score (nSPS) is 20.7. The Balaban J connectivity index is 2.47. The minimum absolute atomic E-state index is 0.0286. The van der Waals surface area contributed by atoms with Gasteiger partial charge in [0.15, 0.2) is 0 Å². The molecule has 3 nitrogen and oxygen atoms in total. The van der Waals surface area contributed by atoms with E-state index in [1.807, 2.05) is 19.2 Å². The van der Waals surface area contributed by atoms with Crippen LogP contribution in [-0.4, -0.2) is 23.7 Å². The van der Waals surface area contributed by atoms with Crippen molar-refractivity contribution in [2.75, 3.05) is 0 Å². The number of carbonyl (C=O) groups excluding carboxylic acids is 1. The zero-order valence-corrected chi connectivity index (χ0v) is 9.40. The van der Waals surface area contributed by atoms with Crippen LogP contribution in [-0.2, 0) is 4.79 Å². The summed E-state index contributed by atoms with van der Waals surface area (Å²) in [5, 5.41) is 2.05. The molecule has 0 aliphatic heterocycles. The second kappa shape index (κ2) is 4.24. The summed E-state index contributed by atoms with van der Waals surface area (Å²) in [5.41, 5.74) is 3.65. The van der Waals surface area contributed by atoms with Crippen LogP contribution in [0, 0.1) is 5.92 Å². The highest BCUT2D eigenvalue weighted by Crippen LogP contribution is 2.48. The fourth-order valence-corrected chi connectivity index (χ4v) is 1.37. The summed E-state index contributed by atoms with van der Waals surface area (Å²) in [4.78, 5) is 11.4. The molecule has 1 unspecified atom stereocenters. The summed E-state index contributed by atoms with van der Waals surface area (Å²) < 4.78 is 37.5. The first kappa shape index (κ1) is 13.3. The predicted octanol–water partition coefficient (Wildman–Crippen LogP) is 1.57. The Morgan fingerprint density at radius 2 is 1.94 bits per heavy atom. The van der Waals surface area contributed by atoms with Crippen molar-refractivity contribution in [1.29, 1.82) is 0 Å². The van der Waals surface area contributed by atoms with Gasteiger partial charge in [-0.2, -0.15) is 13.2 Å². The summed E-state index contributed by atoms with van der Waals surface area (Å²) in [5.74, 6) is -0.539. The van der Waals surface area contributed by atoms with Crippen molar-refractivity contribution in [3.05, 3.63) is 0 Å². The number of carbonyl (C=O) groups is 1. The SMILES string of the molecule is CC(C)C(N)CC(=O)NC1(C(F)(F)F)CC1. The first-order chi connectivity index (χ1) is 7.18. The molecule has 0 aromatic rings. The summed E-state index contributed by atoms with van der Waals surface area (Å²) in [7, 11) is 0. The quantitative estimate of drug-likeness (QED) is 0.781. The van der Waals surface area contributed by atoms with Crippen molar-refractivity contribution in [3.8, 4) is 0 Å². The molecule has 1 aliphatic rings. The lowest BCUT2D eigenvalue weighted by Crippen LogP contribution is -2.49. The van der Waals surface area contributed by atoms with E-state index in [0.717, 1.165) is 0 Å². The molecule has 1 amide bonds. The predicted molar refractivity (Wildman–Crippen MR) is 53.6 cm³/mol. The fourth-order valence-electron chi connectivity index (χ4n) is 1.37. The van der Waals surface area contributed by atoms with Crippen LogP contribution in [0.1, 0.15) is 33.1 Å². The molecule has 1 fully saturated rings. The third kappa shape index (κ3) is 2.87. The van der Waals surface area contributed by atoms with E-state index < -0.39 is 23.7 Å². The van der Waals surface area contributed by atoms with Gasteiger partial charge in [-0.3, -0.25) is 4.79 Å². The molecule has 1 rings (SSSR count). The van der Waals surface area contributed by atoms with Gasteiger partial charge >= 0.3 is 6.18 Å². The molecule has 1 saturated carbocycles. The first-order valence-electron chi connectivity index (χ1n) is 5.31. The zero-order chi connectivity index (χ0) is 12.6. The van der Waals surface area contributed by atoms with Gasteiger partial charge in [0, 0.05) is 12.5 Å². The maximum absolute atomic E-state index is 12.5. The molecule has 1 aliphatic carbocycles. The second-order valence-electron chi connectivity index (χ2n) is 4.74. The molecule has 16 heavy (non-hydrogen) atoms. The third-order valence-corrected chi connectivity index (χ3v) is 2.95. The molecule has 0 heterocycles. The molecule has 0 bridgehead atoms. The van der Waals surface area contributed by atoms with Crippen LogP contribution >= 0.6 is 0 Å². The number of nitrogens with two attached hydrogens (primary N) is 1. The van der Waals surface area contributed by atoms with Crippen molar-refractivity contribution in [1.82, 2.24) is 5.32 Å². The lowest BCUT2D eigenvalue weighted by atomic mass is 10.0. The molecule has 3 N–H and O–H groups in total. The van der Waals surface area contributed by atoms with Crippen LogP contribution in [0.5, 0.6) is 0 Å². The number of nitrogens with one attached hydrogen (secondary N) is 1. The average molecular weight is 238 g/mol. The van der Waals surface area contributed by atoms with Crippen molar-refractivity contribution >= 4 is 5.91 Å². The van der Waals surface area contributed by atoms with E-state index in [-0.39, 0.29) is 25.2 Å². The Morgan fingerprint density at radius 1 is 1.44 bits per heavy atom. The molecule has 0 spiro atoms. The van der Waals surface area contributed by atoms with Crippen molar-refractivity contribution in [3.63, 3.8) is 0 Å². The first-order valence-corrected chi connectivity index (χ1v) is 5.31. The molecule has 0 radical (unpaired) electrons. The minimum Gasteiger partial charge on any atom is -0.342 e. The van der Waals surface area contributed by atoms with Gasteiger partial charge in [0.25, 0.3) is 0 Å². The third-order valence-electron chi connectivity index (χ3n) is 2.95. The standard InChI is InChI=1S/C10H17F3N2O/c1-6(2)7(14)5-8(16)15-9(3-4-9)10(11,12)13/h6-7H,3-5,14H2,1-2H3,(H,15,16). The highest BCUT2D eigenvalue weighted by Gasteiger charge is 2.64. The van der Waals surface area contributed by atoms with E-state index in [9.17, 15) is 18.0 Å². The van der Waals surface area contributed by atoms with Gasteiger partial charge in [-0.15, -0.1) is 0 Å². The number of rotatable bonds is 4. The van der Waals surface area contributed by atoms with Gasteiger partial charge in [-0.05, 0) is 18.8 Å². The molecule has 6 heteroatoms. The van der Waals surface area contributed by atoms with Crippen LogP contribution in [0.25, 0.3) is 0 Å². The maximum Gasteiger partial charge on any atom is 0.411 e. The Labute approximate surface area is 92.6 Å². The lowest BCUT2D eigenvalue weighted by molar-refractivity contribution is -0.170.